The maximum Gasteiger partial charge on any atom is 0.308 e. The van der Waals surface area contributed by atoms with Gasteiger partial charge >= 0.3 is 5.97 Å². The van der Waals surface area contributed by atoms with Crippen LogP contribution in [0.3, 0.4) is 0 Å². The molecule has 0 heterocycles. The summed E-state index contributed by atoms with van der Waals surface area (Å²) >= 11 is 0. The van der Waals surface area contributed by atoms with Gasteiger partial charge in [-0.2, -0.15) is 0 Å². The Morgan fingerprint density at radius 3 is 2.62 bits per heavy atom. The summed E-state index contributed by atoms with van der Waals surface area (Å²) in [5.74, 6) is 2.22. The molecule has 168 valence electrons. The summed E-state index contributed by atoms with van der Waals surface area (Å²) in [5.41, 5.74) is 2.78. The Morgan fingerprint density at radius 2 is 1.88 bits per heavy atom. The number of ether oxygens (including phenoxy) is 1. The first-order chi connectivity index (χ1) is 15.3. The van der Waals surface area contributed by atoms with Crippen LogP contribution in [-0.2, 0) is 11.2 Å². The zero-order chi connectivity index (χ0) is 22.5. The van der Waals surface area contributed by atoms with Crippen LogP contribution in [0.5, 0.6) is 11.5 Å². The third kappa shape index (κ3) is 3.45. The number of benzene rings is 2. The van der Waals surface area contributed by atoms with Gasteiger partial charge in [0.25, 0.3) is 0 Å². The molecule has 32 heavy (non-hydrogen) atoms. The van der Waals surface area contributed by atoms with Crippen molar-refractivity contribution >= 4 is 12.0 Å². The lowest BCUT2D eigenvalue weighted by Gasteiger charge is -2.52. The van der Waals surface area contributed by atoms with Gasteiger partial charge in [-0.25, -0.2) is 0 Å². The molecule has 2 aromatic carbocycles. The zero-order valence-corrected chi connectivity index (χ0v) is 18.9. The number of hydrogen-bond donors (Lipinski definition) is 2. The van der Waals surface area contributed by atoms with Gasteiger partial charge in [0.2, 0.25) is 0 Å². The second kappa shape index (κ2) is 7.77. The topological polar surface area (TPSA) is 66.8 Å². The smallest absolute Gasteiger partial charge is 0.308 e. The van der Waals surface area contributed by atoms with Gasteiger partial charge in [0, 0.05) is 12.3 Å². The van der Waals surface area contributed by atoms with E-state index in [1.54, 1.807) is 12.1 Å². The molecule has 4 nitrogen and oxygen atoms in total. The molecule has 0 bridgehead atoms. The number of carbonyl (C=O) groups is 1. The molecule has 0 aromatic heterocycles. The van der Waals surface area contributed by atoms with Gasteiger partial charge in [0.1, 0.15) is 11.5 Å². The fourth-order valence-electron chi connectivity index (χ4n) is 6.93. The average molecular weight is 433 g/mol. The fourth-order valence-corrected chi connectivity index (χ4v) is 6.93. The van der Waals surface area contributed by atoms with E-state index in [2.05, 4.69) is 13.0 Å². The number of aromatic hydroxyl groups is 1. The Labute approximate surface area is 189 Å². The molecular weight excluding hydrogens is 400 g/mol. The van der Waals surface area contributed by atoms with Crippen molar-refractivity contribution in [3.63, 3.8) is 0 Å². The molecule has 2 saturated carbocycles. The SMILES string of the molecule is CC(=O)Oc1ccc2c(c1)CC[C@@H]1[C@@H]2CC[C@@]2(C)[C@H]1CC[C@@]2(O)/C=C/c1ccc(O)cc1. The summed E-state index contributed by atoms with van der Waals surface area (Å²) in [6, 6.07) is 13.3. The van der Waals surface area contributed by atoms with E-state index in [9.17, 15) is 15.0 Å². The van der Waals surface area contributed by atoms with E-state index in [0.29, 0.717) is 23.5 Å². The molecule has 3 aliphatic carbocycles. The molecule has 5 atom stereocenters. The van der Waals surface area contributed by atoms with Crippen LogP contribution in [-0.4, -0.2) is 21.8 Å². The third-order valence-electron chi connectivity index (χ3n) is 8.62. The van der Waals surface area contributed by atoms with Crippen molar-refractivity contribution in [3.05, 3.63) is 65.2 Å². The molecule has 0 aliphatic heterocycles. The summed E-state index contributed by atoms with van der Waals surface area (Å²) in [5, 5.41) is 21.3. The average Bonchev–Trinajstić information content (AvgIpc) is 3.04. The number of carbonyl (C=O) groups excluding carboxylic acids is 1. The normalized spacial score (nSPS) is 33.4. The molecule has 0 saturated heterocycles. The van der Waals surface area contributed by atoms with Crippen molar-refractivity contribution < 1.29 is 19.7 Å². The highest BCUT2D eigenvalue weighted by molar-refractivity contribution is 5.69. The number of esters is 1. The van der Waals surface area contributed by atoms with Crippen LogP contribution in [0.25, 0.3) is 6.08 Å². The van der Waals surface area contributed by atoms with Crippen molar-refractivity contribution in [1.82, 2.24) is 0 Å². The predicted molar refractivity (Wildman–Crippen MR) is 124 cm³/mol. The molecule has 4 heteroatoms. The molecule has 0 unspecified atom stereocenters. The van der Waals surface area contributed by atoms with E-state index in [0.717, 1.165) is 44.1 Å². The van der Waals surface area contributed by atoms with E-state index < -0.39 is 5.60 Å². The first-order valence-corrected chi connectivity index (χ1v) is 11.8. The Bertz CT molecular complexity index is 1060. The van der Waals surface area contributed by atoms with Gasteiger partial charge < -0.3 is 14.9 Å². The highest BCUT2D eigenvalue weighted by Crippen LogP contribution is 2.64. The fraction of sp³-hybridized carbons (Fsp3) is 0.464. The van der Waals surface area contributed by atoms with Crippen LogP contribution in [0.15, 0.2) is 48.5 Å². The predicted octanol–water partition coefficient (Wildman–Crippen LogP) is 5.62. The molecule has 3 aliphatic rings. The van der Waals surface area contributed by atoms with Crippen LogP contribution in [0.1, 0.15) is 68.6 Å². The Kier molecular flexibility index (Phi) is 5.16. The van der Waals surface area contributed by atoms with Crippen molar-refractivity contribution in [3.8, 4) is 11.5 Å². The standard InChI is InChI=1S/C28H32O4/c1-18(29)32-22-8-10-23-20(17-22)5-9-25-24(23)12-14-27(2)26(25)13-16-28(27,31)15-11-19-3-6-21(30)7-4-19/h3-4,6-8,10-11,15,17,24-26,30-31H,5,9,12-14,16H2,1-2H3/b15-11+/t24-,25-,26+,27+,28+/m1/s1. The lowest BCUT2D eigenvalue weighted by Crippen LogP contribution is -2.49. The molecular formula is C28H32O4. The number of aryl methyl sites for hydroxylation is 1. The highest BCUT2D eigenvalue weighted by atomic mass is 16.5. The molecule has 2 aromatic rings. The molecule has 0 amide bonds. The van der Waals surface area contributed by atoms with E-state index in [1.807, 2.05) is 36.4 Å². The number of phenols is 1. The van der Waals surface area contributed by atoms with Crippen molar-refractivity contribution in [2.45, 2.75) is 63.9 Å². The van der Waals surface area contributed by atoms with Gasteiger partial charge in [-0.05, 0) is 97.2 Å². The van der Waals surface area contributed by atoms with Crippen molar-refractivity contribution in [2.24, 2.45) is 17.3 Å². The minimum absolute atomic E-state index is 0.128. The quantitative estimate of drug-likeness (QED) is 0.488. The first-order valence-electron chi connectivity index (χ1n) is 11.8. The van der Waals surface area contributed by atoms with E-state index >= 15 is 0 Å². The number of fused-ring (bicyclic) bond motifs is 5. The van der Waals surface area contributed by atoms with Crippen LogP contribution >= 0.6 is 0 Å². The number of rotatable bonds is 3. The van der Waals surface area contributed by atoms with Gasteiger partial charge in [0.05, 0.1) is 5.60 Å². The third-order valence-corrected chi connectivity index (χ3v) is 8.62. The number of phenolic OH excluding ortho intramolecular Hbond substituents is 1. The minimum atomic E-state index is -0.806. The maximum absolute atomic E-state index is 11.8. The van der Waals surface area contributed by atoms with Crippen molar-refractivity contribution in [2.75, 3.05) is 0 Å². The van der Waals surface area contributed by atoms with E-state index in [1.165, 1.54) is 18.1 Å². The zero-order valence-electron chi connectivity index (χ0n) is 18.9. The monoisotopic (exact) mass is 432 g/mol. The second-order valence-corrected chi connectivity index (χ2v) is 10.2. The van der Waals surface area contributed by atoms with E-state index in [-0.39, 0.29) is 17.1 Å². The maximum atomic E-state index is 11.8. The Morgan fingerprint density at radius 1 is 1.09 bits per heavy atom. The number of aliphatic hydroxyl groups is 1. The van der Waals surface area contributed by atoms with E-state index in [4.69, 9.17) is 4.74 Å². The van der Waals surface area contributed by atoms with Crippen LogP contribution in [0.4, 0.5) is 0 Å². The second-order valence-electron chi connectivity index (χ2n) is 10.2. The number of hydrogen-bond acceptors (Lipinski definition) is 4. The summed E-state index contributed by atoms with van der Waals surface area (Å²) in [6.07, 6.45) is 10.1. The Balaban J connectivity index is 1.39. The molecule has 5 rings (SSSR count). The summed E-state index contributed by atoms with van der Waals surface area (Å²) in [4.78, 5) is 11.3. The molecule has 2 fully saturated rings. The first kappa shape index (κ1) is 21.3. The van der Waals surface area contributed by atoms with Crippen molar-refractivity contribution in [1.29, 1.82) is 0 Å². The van der Waals surface area contributed by atoms with Gasteiger partial charge in [-0.15, -0.1) is 0 Å². The van der Waals surface area contributed by atoms with Gasteiger partial charge in [-0.1, -0.05) is 37.3 Å². The van der Waals surface area contributed by atoms with Gasteiger partial charge in [0.15, 0.2) is 0 Å². The lowest BCUT2D eigenvalue weighted by atomic mass is 9.53. The highest BCUT2D eigenvalue weighted by Gasteiger charge is 2.60. The van der Waals surface area contributed by atoms with Crippen LogP contribution in [0, 0.1) is 17.3 Å². The molecule has 2 N–H and O–H groups in total. The summed E-state index contributed by atoms with van der Waals surface area (Å²) in [7, 11) is 0. The van der Waals surface area contributed by atoms with Gasteiger partial charge in [-0.3, -0.25) is 4.79 Å². The molecule has 0 spiro atoms. The lowest BCUT2D eigenvalue weighted by molar-refractivity contribution is -0.131. The minimum Gasteiger partial charge on any atom is -0.508 e. The van der Waals surface area contributed by atoms with Crippen LogP contribution in [0.2, 0.25) is 0 Å². The Hall–Kier alpha value is -2.59. The van der Waals surface area contributed by atoms with Crippen LogP contribution < -0.4 is 4.74 Å². The molecule has 0 radical (unpaired) electrons. The largest absolute Gasteiger partial charge is 0.508 e. The summed E-state index contributed by atoms with van der Waals surface area (Å²) in [6.45, 7) is 3.73. The summed E-state index contributed by atoms with van der Waals surface area (Å²) < 4.78 is 5.31.